The molecule has 0 amide bonds. The van der Waals surface area contributed by atoms with E-state index in [1.807, 2.05) is 0 Å². The summed E-state index contributed by atoms with van der Waals surface area (Å²) in [6.07, 6.45) is 1.17. The summed E-state index contributed by atoms with van der Waals surface area (Å²) in [5, 5.41) is 18.4. The van der Waals surface area contributed by atoms with Gasteiger partial charge in [0.1, 0.15) is 11.5 Å². The number of piperidine rings is 1. The molecule has 3 rings (SSSR count). The van der Waals surface area contributed by atoms with Gasteiger partial charge < -0.3 is 9.80 Å². The molecule has 0 atom stereocenters. The molecule has 2 heterocycles. The maximum atomic E-state index is 12.8. The SMILES string of the molecule is CN(C)c1n[nH]c(C2CCN(c3ccc(S(=O)(=O)C(F)(F)F)cc3[N+](=O)[O-])CC2)n1. The van der Waals surface area contributed by atoms with E-state index in [1.165, 1.54) is 0 Å². The van der Waals surface area contributed by atoms with Crippen molar-refractivity contribution in [2.24, 2.45) is 0 Å². The lowest BCUT2D eigenvalue weighted by Crippen LogP contribution is -2.33. The summed E-state index contributed by atoms with van der Waals surface area (Å²) in [7, 11) is -2.07. The summed E-state index contributed by atoms with van der Waals surface area (Å²) >= 11 is 0. The molecule has 0 radical (unpaired) electrons. The molecule has 10 nitrogen and oxygen atoms in total. The molecule has 30 heavy (non-hydrogen) atoms. The van der Waals surface area contributed by atoms with Crippen LogP contribution in [0.2, 0.25) is 0 Å². The summed E-state index contributed by atoms with van der Waals surface area (Å²) in [6.45, 7) is 0.768. The molecular formula is C16H19F3N6O4S. The predicted octanol–water partition coefficient (Wildman–Crippen LogP) is 2.46. The summed E-state index contributed by atoms with van der Waals surface area (Å²) in [4.78, 5) is 17.2. The van der Waals surface area contributed by atoms with E-state index in [2.05, 4.69) is 15.2 Å². The maximum Gasteiger partial charge on any atom is 0.501 e. The quantitative estimate of drug-likeness (QED) is 0.546. The number of nitro groups is 1. The molecule has 1 aliphatic heterocycles. The number of halogens is 3. The molecule has 1 aliphatic rings. The van der Waals surface area contributed by atoms with Crippen molar-refractivity contribution in [3.05, 3.63) is 34.1 Å². The molecule has 0 unspecified atom stereocenters. The Morgan fingerprint density at radius 1 is 1.27 bits per heavy atom. The number of rotatable bonds is 5. The van der Waals surface area contributed by atoms with Gasteiger partial charge in [0.25, 0.3) is 15.5 Å². The third kappa shape index (κ3) is 4.04. The standard InChI is InChI=1S/C16H19F3N6O4S/c1-23(2)15-20-14(21-22-15)10-5-7-24(8-6-10)12-4-3-11(9-13(12)25(26)27)30(28,29)16(17,18)19/h3-4,9-10H,5-8H2,1-2H3,(H,20,21,22). The zero-order valence-corrected chi connectivity index (χ0v) is 16.9. The normalized spacial score (nSPS) is 16.0. The molecule has 0 aliphatic carbocycles. The van der Waals surface area contributed by atoms with E-state index >= 15 is 0 Å². The van der Waals surface area contributed by atoms with Gasteiger partial charge in [0.2, 0.25) is 5.95 Å². The first kappa shape index (κ1) is 21.8. The lowest BCUT2D eigenvalue weighted by Gasteiger charge is -2.32. The summed E-state index contributed by atoms with van der Waals surface area (Å²) in [6, 6.07) is 2.26. The first-order valence-corrected chi connectivity index (χ1v) is 10.3. The van der Waals surface area contributed by atoms with Crippen molar-refractivity contribution in [3.63, 3.8) is 0 Å². The Labute approximate surface area is 169 Å². The number of anilines is 2. The van der Waals surface area contributed by atoms with E-state index in [9.17, 15) is 31.7 Å². The lowest BCUT2D eigenvalue weighted by molar-refractivity contribution is -0.384. The van der Waals surface area contributed by atoms with Gasteiger partial charge in [-0.3, -0.25) is 15.2 Å². The van der Waals surface area contributed by atoms with Crippen LogP contribution >= 0.6 is 0 Å². The van der Waals surface area contributed by atoms with Gasteiger partial charge in [-0.2, -0.15) is 18.2 Å². The van der Waals surface area contributed by atoms with Crippen LogP contribution in [-0.2, 0) is 9.84 Å². The maximum absolute atomic E-state index is 12.8. The molecule has 0 saturated carbocycles. The molecule has 2 aromatic rings. The number of benzene rings is 1. The number of sulfone groups is 1. The minimum Gasteiger partial charge on any atom is -0.366 e. The van der Waals surface area contributed by atoms with E-state index in [4.69, 9.17) is 0 Å². The minimum absolute atomic E-state index is 0.0476. The zero-order chi connectivity index (χ0) is 22.3. The van der Waals surface area contributed by atoms with Crippen LogP contribution in [0.1, 0.15) is 24.6 Å². The first-order valence-electron chi connectivity index (χ1n) is 8.86. The number of aromatic amines is 1. The predicted molar refractivity (Wildman–Crippen MR) is 101 cm³/mol. The van der Waals surface area contributed by atoms with Crippen LogP contribution in [-0.4, -0.2) is 61.2 Å². The second-order valence-corrected chi connectivity index (χ2v) is 8.97. The monoisotopic (exact) mass is 448 g/mol. The Balaban J connectivity index is 1.82. The van der Waals surface area contributed by atoms with Gasteiger partial charge in [-0.05, 0) is 25.0 Å². The van der Waals surface area contributed by atoms with E-state index < -0.39 is 30.9 Å². The molecule has 14 heteroatoms. The van der Waals surface area contributed by atoms with Crippen LogP contribution < -0.4 is 9.80 Å². The highest BCUT2D eigenvalue weighted by Gasteiger charge is 2.47. The van der Waals surface area contributed by atoms with Crippen molar-refractivity contribution < 1.29 is 26.5 Å². The van der Waals surface area contributed by atoms with Crippen molar-refractivity contribution in [3.8, 4) is 0 Å². The number of hydrogen-bond acceptors (Lipinski definition) is 8. The Hall–Kier alpha value is -2.90. The number of aromatic nitrogens is 3. The lowest BCUT2D eigenvalue weighted by atomic mass is 9.95. The minimum atomic E-state index is -5.68. The Morgan fingerprint density at radius 3 is 2.40 bits per heavy atom. The third-order valence-corrected chi connectivity index (χ3v) is 6.36. The summed E-state index contributed by atoms with van der Waals surface area (Å²) < 4.78 is 61.5. The average molecular weight is 448 g/mol. The van der Waals surface area contributed by atoms with Crippen molar-refractivity contribution >= 4 is 27.2 Å². The zero-order valence-electron chi connectivity index (χ0n) is 16.0. The van der Waals surface area contributed by atoms with Gasteiger partial charge >= 0.3 is 5.51 Å². The Kier molecular flexibility index (Phi) is 5.62. The Morgan fingerprint density at radius 2 is 1.90 bits per heavy atom. The van der Waals surface area contributed by atoms with E-state index in [0.717, 1.165) is 12.1 Å². The van der Waals surface area contributed by atoms with Crippen LogP contribution in [0.15, 0.2) is 23.1 Å². The summed E-state index contributed by atoms with van der Waals surface area (Å²) in [5.74, 6) is 1.27. The van der Waals surface area contributed by atoms with Gasteiger partial charge in [-0.15, -0.1) is 5.10 Å². The Bertz CT molecular complexity index is 1050. The number of H-pyrrole nitrogens is 1. The fraction of sp³-hybridized carbons (Fsp3) is 0.500. The molecule has 1 aromatic carbocycles. The molecule has 0 bridgehead atoms. The molecule has 1 saturated heterocycles. The van der Waals surface area contributed by atoms with Crippen molar-refractivity contribution in [2.45, 2.75) is 29.2 Å². The van der Waals surface area contributed by atoms with Gasteiger partial charge in [-0.25, -0.2) is 8.42 Å². The van der Waals surface area contributed by atoms with Crippen LogP contribution in [0, 0.1) is 10.1 Å². The van der Waals surface area contributed by atoms with Crippen LogP contribution in [0.3, 0.4) is 0 Å². The fourth-order valence-corrected chi connectivity index (χ4v) is 4.04. The molecular weight excluding hydrogens is 429 g/mol. The molecule has 1 aromatic heterocycles. The summed E-state index contributed by atoms with van der Waals surface area (Å²) in [5.41, 5.74) is -6.15. The van der Waals surface area contributed by atoms with Gasteiger partial charge in [0.15, 0.2) is 0 Å². The number of hydrogen-bond donors (Lipinski definition) is 1. The van der Waals surface area contributed by atoms with Crippen LogP contribution in [0.5, 0.6) is 0 Å². The first-order chi connectivity index (χ1) is 13.9. The molecule has 0 spiro atoms. The van der Waals surface area contributed by atoms with E-state index in [1.54, 1.807) is 23.9 Å². The second kappa shape index (κ2) is 7.74. The largest absolute Gasteiger partial charge is 0.501 e. The smallest absolute Gasteiger partial charge is 0.366 e. The number of nitrogens with zero attached hydrogens (tertiary/aromatic N) is 5. The molecule has 164 valence electrons. The third-order valence-electron chi connectivity index (χ3n) is 4.87. The topological polar surface area (TPSA) is 125 Å². The van der Waals surface area contributed by atoms with Gasteiger partial charge in [0, 0.05) is 39.2 Å². The highest BCUT2D eigenvalue weighted by atomic mass is 32.2. The number of alkyl halides is 3. The second-order valence-electron chi connectivity index (χ2n) is 7.03. The van der Waals surface area contributed by atoms with E-state index in [0.29, 0.717) is 43.8 Å². The number of nitro benzene ring substituents is 1. The fourth-order valence-electron chi connectivity index (χ4n) is 3.26. The van der Waals surface area contributed by atoms with Crippen LogP contribution in [0.4, 0.5) is 30.5 Å². The van der Waals surface area contributed by atoms with Crippen molar-refractivity contribution in [1.29, 1.82) is 0 Å². The number of nitrogens with one attached hydrogen (secondary N) is 1. The molecule has 1 N–H and O–H groups in total. The van der Waals surface area contributed by atoms with Crippen molar-refractivity contribution in [2.75, 3.05) is 37.0 Å². The van der Waals surface area contributed by atoms with Crippen LogP contribution in [0.25, 0.3) is 0 Å². The van der Waals surface area contributed by atoms with Gasteiger partial charge in [0.05, 0.1) is 9.82 Å². The van der Waals surface area contributed by atoms with Gasteiger partial charge in [-0.1, -0.05) is 0 Å². The highest BCUT2D eigenvalue weighted by Crippen LogP contribution is 2.38. The molecule has 1 fully saturated rings. The average Bonchev–Trinajstić information content (AvgIpc) is 3.17. The van der Waals surface area contributed by atoms with Crippen molar-refractivity contribution in [1.82, 2.24) is 15.2 Å². The van der Waals surface area contributed by atoms with E-state index in [-0.39, 0.29) is 11.6 Å². The highest BCUT2D eigenvalue weighted by molar-refractivity contribution is 7.92.